The SMILES string of the molecule is O=CC1CC(O)c2cc(Cl)ccc2O1. The van der Waals surface area contributed by atoms with Crippen LogP contribution in [0.4, 0.5) is 0 Å². The molecule has 4 heteroatoms. The normalized spacial score (nSPS) is 25.0. The highest BCUT2D eigenvalue weighted by Crippen LogP contribution is 2.35. The highest BCUT2D eigenvalue weighted by Gasteiger charge is 2.26. The first-order valence-electron chi connectivity index (χ1n) is 4.30. The molecule has 2 rings (SSSR count). The minimum absolute atomic E-state index is 0.289. The summed E-state index contributed by atoms with van der Waals surface area (Å²) in [5, 5.41) is 10.2. The summed E-state index contributed by atoms with van der Waals surface area (Å²) in [5.74, 6) is 0.533. The number of halogens is 1. The molecule has 0 bridgehead atoms. The van der Waals surface area contributed by atoms with Gasteiger partial charge in [-0.05, 0) is 18.2 Å². The average molecular weight is 213 g/mol. The largest absolute Gasteiger partial charge is 0.482 e. The molecule has 2 unspecified atom stereocenters. The highest BCUT2D eigenvalue weighted by molar-refractivity contribution is 6.30. The fourth-order valence-corrected chi connectivity index (χ4v) is 1.71. The van der Waals surface area contributed by atoms with E-state index in [2.05, 4.69) is 0 Å². The van der Waals surface area contributed by atoms with Gasteiger partial charge in [-0.3, -0.25) is 4.79 Å². The Morgan fingerprint density at radius 3 is 3.07 bits per heavy atom. The Hall–Kier alpha value is -1.06. The van der Waals surface area contributed by atoms with Crippen molar-refractivity contribution in [1.29, 1.82) is 0 Å². The van der Waals surface area contributed by atoms with E-state index < -0.39 is 12.2 Å². The van der Waals surface area contributed by atoms with Gasteiger partial charge in [0.1, 0.15) is 5.75 Å². The first-order chi connectivity index (χ1) is 6.70. The number of rotatable bonds is 1. The lowest BCUT2D eigenvalue weighted by Crippen LogP contribution is -2.26. The van der Waals surface area contributed by atoms with E-state index in [1.165, 1.54) is 0 Å². The van der Waals surface area contributed by atoms with Crippen LogP contribution < -0.4 is 4.74 Å². The molecule has 14 heavy (non-hydrogen) atoms. The monoisotopic (exact) mass is 212 g/mol. The summed E-state index contributed by atoms with van der Waals surface area (Å²) >= 11 is 5.78. The van der Waals surface area contributed by atoms with Crippen molar-refractivity contribution in [1.82, 2.24) is 0 Å². The van der Waals surface area contributed by atoms with E-state index in [-0.39, 0.29) is 6.42 Å². The Morgan fingerprint density at radius 1 is 1.57 bits per heavy atom. The van der Waals surface area contributed by atoms with Crippen molar-refractivity contribution >= 4 is 17.9 Å². The van der Waals surface area contributed by atoms with Gasteiger partial charge in [0.2, 0.25) is 0 Å². The molecule has 1 aromatic rings. The van der Waals surface area contributed by atoms with Crippen LogP contribution in [0.25, 0.3) is 0 Å². The van der Waals surface area contributed by atoms with Gasteiger partial charge in [-0.25, -0.2) is 0 Å². The van der Waals surface area contributed by atoms with Crippen LogP contribution in [0.1, 0.15) is 18.1 Å². The van der Waals surface area contributed by atoms with E-state index in [1.54, 1.807) is 18.2 Å². The lowest BCUT2D eigenvalue weighted by atomic mass is 10.00. The molecule has 0 saturated heterocycles. The fraction of sp³-hybridized carbons (Fsp3) is 0.300. The zero-order valence-corrected chi connectivity index (χ0v) is 8.07. The van der Waals surface area contributed by atoms with Crippen LogP contribution in [0.5, 0.6) is 5.75 Å². The predicted molar refractivity (Wildman–Crippen MR) is 51.5 cm³/mol. The number of hydrogen-bond donors (Lipinski definition) is 1. The van der Waals surface area contributed by atoms with Gasteiger partial charge < -0.3 is 9.84 Å². The second kappa shape index (κ2) is 3.59. The molecule has 1 heterocycles. The van der Waals surface area contributed by atoms with E-state index in [4.69, 9.17) is 16.3 Å². The molecule has 0 radical (unpaired) electrons. The van der Waals surface area contributed by atoms with Gasteiger partial charge >= 0.3 is 0 Å². The van der Waals surface area contributed by atoms with E-state index in [0.29, 0.717) is 22.6 Å². The van der Waals surface area contributed by atoms with Crippen LogP contribution in [0.15, 0.2) is 18.2 Å². The number of carbonyl (C=O) groups excluding carboxylic acids is 1. The molecule has 1 aliphatic rings. The summed E-state index contributed by atoms with van der Waals surface area (Å²) in [5.41, 5.74) is 0.649. The third-order valence-corrected chi connectivity index (χ3v) is 2.45. The lowest BCUT2D eigenvalue weighted by molar-refractivity contribution is -0.115. The molecule has 0 amide bonds. The van der Waals surface area contributed by atoms with Crippen molar-refractivity contribution in [2.24, 2.45) is 0 Å². The smallest absolute Gasteiger partial charge is 0.160 e. The minimum atomic E-state index is -0.673. The summed E-state index contributed by atoms with van der Waals surface area (Å²) in [6.45, 7) is 0. The average Bonchev–Trinajstić information content (AvgIpc) is 2.19. The zero-order valence-electron chi connectivity index (χ0n) is 7.31. The maximum absolute atomic E-state index is 10.5. The van der Waals surface area contributed by atoms with Crippen molar-refractivity contribution in [2.45, 2.75) is 18.6 Å². The van der Waals surface area contributed by atoms with Crippen molar-refractivity contribution in [3.05, 3.63) is 28.8 Å². The molecule has 0 aliphatic carbocycles. The van der Waals surface area contributed by atoms with Crippen molar-refractivity contribution in [2.75, 3.05) is 0 Å². The highest BCUT2D eigenvalue weighted by atomic mass is 35.5. The van der Waals surface area contributed by atoms with Crippen molar-refractivity contribution < 1.29 is 14.6 Å². The summed E-state index contributed by atoms with van der Waals surface area (Å²) in [4.78, 5) is 10.5. The summed E-state index contributed by atoms with van der Waals surface area (Å²) in [6, 6.07) is 4.99. The molecule has 0 spiro atoms. The lowest BCUT2D eigenvalue weighted by Gasteiger charge is -2.26. The first kappa shape index (κ1) is 9.49. The molecule has 1 aliphatic heterocycles. The molecule has 0 aromatic heterocycles. The van der Waals surface area contributed by atoms with Gasteiger partial charge in [-0.2, -0.15) is 0 Å². The zero-order chi connectivity index (χ0) is 10.1. The Morgan fingerprint density at radius 2 is 2.36 bits per heavy atom. The Bertz CT molecular complexity index is 364. The van der Waals surface area contributed by atoms with Crippen LogP contribution in [0.2, 0.25) is 5.02 Å². The van der Waals surface area contributed by atoms with E-state index in [0.717, 1.165) is 0 Å². The van der Waals surface area contributed by atoms with E-state index in [1.807, 2.05) is 0 Å². The van der Waals surface area contributed by atoms with Gasteiger partial charge in [-0.15, -0.1) is 0 Å². The van der Waals surface area contributed by atoms with Gasteiger partial charge in [-0.1, -0.05) is 11.6 Å². The number of aliphatic hydroxyl groups excluding tert-OH is 1. The second-order valence-electron chi connectivity index (χ2n) is 3.23. The third-order valence-electron chi connectivity index (χ3n) is 2.22. The molecule has 74 valence electrons. The molecule has 2 atom stereocenters. The summed E-state index contributed by atoms with van der Waals surface area (Å²) in [6.07, 6.45) is -0.247. The van der Waals surface area contributed by atoms with Gasteiger partial charge in [0, 0.05) is 17.0 Å². The molecule has 0 saturated carbocycles. The van der Waals surface area contributed by atoms with Crippen molar-refractivity contribution in [3.8, 4) is 5.75 Å². The number of hydrogen-bond acceptors (Lipinski definition) is 3. The number of fused-ring (bicyclic) bond motifs is 1. The molecular formula is C10H9ClO3. The Labute approximate surface area is 86.3 Å². The van der Waals surface area contributed by atoms with E-state index in [9.17, 15) is 9.90 Å². The standard InChI is InChI=1S/C10H9ClO3/c11-6-1-2-10-8(3-6)9(13)4-7(5-12)14-10/h1-3,5,7,9,13H,4H2. The summed E-state index contributed by atoms with van der Waals surface area (Å²) in [7, 11) is 0. The quantitative estimate of drug-likeness (QED) is 0.721. The number of aliphatic hydroxyl groups is 1. The Kier molecular flexibility index (Phi) is 2.44. The number of ether oxygens (including phenoxy) is 1. The van der Waals surface area contributed by atoms with Crippen LogP contribution in [0.3, 0.4) is 0 Å². The minimum Gasteiger partial charge on any atom is -0.482 e. The molecule has 1 aromatic carbocycles. The maximum Gasteiger partial charge on any atom is 0.160 e. The Balaban J connectivity index is 2.39. The van der Waals surface area contributed by atoms with Crippen LogP contribution in [-0.2, 0) is 4.79 Å². The summed E-state index contributed by atoms with van der Waals surface area (Å²) < 4.78 is 5.32. The maximum atomic E-state index is 10.5. The molecule has 0 fully saturated rings. The number of carbonyl (C=O) groups is 1. The third kappa shape index (κ3) is 1.61. The number of aldehydes is 1. The molecule has 1 N–H and O–H groups in total. The van der Waals surface area contributed by atoms with Gasteiger partial charge in [0.25, 0.3) is 0 Å². The first-order valence-corrected chi connectivity index (χ1v) is 4.68. The molecular weight excluding hydrogens is 204 g/mol. The van der Waals surface area contributed by atoms with Crippen LogP contribution in [0, 0.1) is 0 Å². The van der Waals surface area contributed by atoms with Crippen LogP contribution >= 0.6 is 11.6 Å². The van der Waals surface area contributed by atoms with Crippen molar-refractivity contribution in [3.63, 3.8) is 0 Å². The number of benzene rings is 1. The topological polar surface area (TPSA) is 46.5 Å². The second-order valence-corrected chi connectivity index (χ2v) is 3.66. The molecule has 3 nitrogen and oxygen atoms in total. The predicted octanol–water partition coefficient (Wildman–Crippen LogP) is 1.72. The van der Waals surface area contributed by atoms with Crippen LogP contribution in [-0.4, -0.2) is 17.5 Å². The fourth-order valence-electron chi connectivity index (χ4n) is 1.53. The van der Waals surface area contributed by atoms with Gasteiger partial charge in [0.15, 0.2) is 12.4 Å². The van der Waals surface area contributed by atoms with Gasteiger partial charge in [0.05, 0.1) is 6.10 Å². The van der Waals surface area contributed by atoms with E-state index >= 15 is 0 Å².